The summed E-state index contributed by atoms with van der Waals surface area (Å²) in [5, 5.41) is 12.0. The number of anilines is 1. The Morgan fingerprint density at radius 1 is 1.47 bits per heavy atom. The van der Waals surface area contributed by atoms with E-state index >= 15 is 0 Å². The van der Waals surface area contributed by atoms with Gasteiger partial charge in [0.15, 0.2) is 0 Å². The van der Waals surface area contributed by atoms with E-state index in [0.717, 1.165) is 12.8 Å². The second-order valence-electron chi connectivity index (χ2n) is 4.59. The number of rotatable bonds is 4. The molecule has 2 N–H and O–H groups in total. The van der Waals surface area contributed by atoms with Crippen LogP contribution in [0.2, 0.25) is 0 Å². The maximum atomic E-state index is 11.8. The van der Waals surface area contributed by atoms with E-state index in [-0.39, 0.29) is 12.5 Å². The number of aliphatic hydroxyl groups excluding tert-OH is 1. The maximum absolute atomic E-state index is 11.8. The molecule has 0 unspecified atom stereocenters. The monoisotopic (exact) mass is 234 g/mol. The van der Waals surface area contributed by atoms with Crippen molar-refractivity contribution >= 4 is 11.6 Å². The van der Waals surface area contributed by atoms with Gasteiger partial charge in [-0.3, -0.25) is 9.78 Å². The molecule has 92 valence electrons. The van der Waals surface area contributed by atoms with E-state index in [9.17, 15) is 4.79 Å². The fourth-order valence-electron chi connectivity index (χ4n) is 2.35. The Labute approximate surface area is 101 Å². The van der Waals surface area contributed by atoms with Gasteiger partial charge >= 0.3 is 0 Å². The van der Waals surface area contributed by atoms with Gasteiger partial charge in [-0.2, -0.15) is 0 Å². The van der Waals surface area contributed by atoms with Crippen LogP contribution in [0.25, 0.3) is 0 Å². The quantitative estimate of drug-likeness (QED) is 0.838. The summed E-state index contributed by atoms with van der Waals surface area (Å²) in [7, 11) is 0. The molecule has 2 rings (SSSR count). The van der Waals surface area contributed by atoms with Crippen molar-refractivity contribution in [3.05, 3.63) is 24.0 Å². The standard InChI is InChI=1S/C13H18N2O2/c16-9-11-5-6-14-8-12(11)15-13(17)7-10-3-1-2-4-10/h5-6,8,10,16H,1-4,7,9H2,(H,15,17). The summed E-state index contributed by atoms with van der Waals surface area (Å²) in [6, 6.07) is 1.71. The predicted molar refractivity (Wildman–Crippen MR) is 65.4 cm³/mol. The molecule has 1 heterocycles. The van der Waals surface area contributed by atoms with Crippen LogP contribution < -0.4 is 5.32 Å². The molecule has 1 saturated carbocycles. The van der Waals surface area contributed by atoms with Gasteiger partial charge in [0.1, 0.15) is 0 Å². The molecule has 1 fully saturated rings. The van der Waals surface area contributed by atoms with Gasteiger partial charge in [-0.15, -0.1) is 0 Å². The number of amides is 1. The molecule has 1 aliphatic rings. The largest absolute Gasteiger partial charge is 0.392 e. The Balaban J connectivity index is 1.92. The lowest BCUT2D eigenvalue weighted by Gasteiger charge is -2.11. The second kappa shape index (κ2) is 5.77. The molecule has 0 aromatic carbocycles. The van der Waals surface area contributed by atoms with Crippen LogP contribution in [0.5, 0.6) is 0 Å². The molecule has 17 heavy (non-hydrogen) atoms. The zero-order valence-electron chi connectivity index (χ0n) is 9.85. The second-order valence-corrected chi connectivity index (χ2v) is 4.59. The molecule has 0 saturated heterocycles. The molecule has 0 radical (unpaired) electrons. The fraction of sp³-hybridized carbons (Fsp3) is 0.538. The highest BCUT2D eigenvalue weighted by Crippen LogP contribution is 2.27. The van der Waals surface area contributed by atoms with Crippen molar-refractivity contribution in [1.29, 1.82) is 0 Å². The smallest absolute Gasteiger partial charge is 0.224 e. The van der Waals surface area contributed by atoms with Crippen LogP contribution >= 0.6 is 0 Å². The minimum absolute atomic E-state index is 0.0274. The fourth-order valence-corrected chi connectivity index (χ4v) is 2.35. The van der Waals surface area contributed by atoms with Gasteiger partial charge in [0.25, 0.3) is 0 Å². The van der Waals surface area contributed by atoms with E-state index in [1.165, 1.54) is 12.8 Å². The molecule has 1 aromatic heterocycles. The van der Waals surface area contributed by atoms with E-state index in [2.05, 4.69) is 10.3 Å². The number of aromatic nitrogens is 1. The van der Waals surface area contributed by atoms with Crippen molar-refractivity contribution in [1.82, 2.24) is 4.98 Å². The minimum Gasteiger partial charge on any atom is -0.392 e. The van der Waals surface area contributed by atoms with Gasteiger partial charge < -0.3 is 10.4 Å². The average molecular weight is 234 g/mol. The van der Waals surface area contributed by atoms with Gasteiger partial charge in [0, 0.05) is 18.2 Å². The number of carbonyl (C=O) groups excluding carboxylic acids is 1. The average Bonchev–Trinajstić information content (AvgIpc) is 2.82. The van der Waals surface area contributed by atoms with Gasteiger partial charge in [-0.1, -0.05) is 12.8 Å². The van der Waals surface area contributed by atoms with Crippen molar-refractivity contribution in [3.63, 3.8) is 0 Å². The van der Waals surface area contributed by atoms with Crippen molar-refractivity contribution < 1.29 is 9.90 Å². The Morgan fingerprint density at radius 3 is 2.94 bits per heavy atom. The maximum Gasteiger partial charge on any atom is 0.224 e. The molecule has 0 atom stereocenters. The van der Waals surface area contributed by atoms with Gasteiger partial charge in [0.05, 0.1) is 18.5 Å². The first kappa shape index (κ1) is 12.0. The molecule has 0 aliphatic heterocycles. The number of hydrogen-bond acceptors (Lipinski definition) is 3. The minimum atomic E-state index is -0.0818. The first-order valence-electron chi connectivity index (χ1n) is 6.13. The Kier molecular flexibility index (Phi) is 4.09. The summed E-state index contributed by atoms with van der Waals surface area (Å²) in [5.74, 6) is 0.559. The van der Waals surface area contributed by atoms with Crippen molar-refractivity contribution in [2.75, 3.05) is 5.32 Å². The lowest BCUT2D eigenvalue weighted by Crippen LogP contribution is -2.16. The summed E-state index contributed by atoms with van der Waals surface area (Å²) in [4.78, 5) is 15.8. The molecule has 1 aliphatic carbocycles. The molecular weight excluding hydrogens is 216 g/mol. The number of nitrogens with one attached hydrogen (secondary N) is 1. The van der Waals surface area contributed by atoms with Gasteiger partial charge in [-0.25, -0.2) is 0 Å². The third kappa shape index (κ3) is 3.27. The van der Waals surface area contributed by atoms with Crippen molar-refractivity contribution in [2.24, 2.45) is 5.92 Å². The summed E-state index contributed by atoms with van der Waals surface area (Å²) in [5.41, 5.74) is 1.33. The number of hydrogen-bond donors (Lipinski definition) is 2. The Hall–Kier alpha value is -1.42. The number of carbonyl (C=O) groups is 1. The predicted octanol–water partition coefficient (Wildman–Crippen LogP) is 2.09. The van der Waals surface area contributed by atoms with Crippen LogP contribution in [-0.2, 0) is 11.4 Å². The molecule has 0 bridgehead atoms. The van der Waals surface area contributed by atoms with Crippen LogP contribution in [0.1, 0.15) is 37.7 Å². The molecule has 0 spiro atoms. The van der Waals surface area contributed by atoms with E-state index in [1.807, 2.05) is 0 Å². The van der Waals surface area contributed by atoms with Crippen molar-refractivity contribution in [2.45, 2.75) is 38.7 Å². The first-order valence-corrected chi connectivity index (χ1v) is 6.13. The SMILES string of the molecule is O=C(CC1CCCC1)Nc1cnccc1CO. The van der Waals surface area contributed by atoms with E-state index in [1.54, 1.807) is 18.5 Å². The summed E-state index contributed by atoms with van der Waals surface area (Å²) in [6.45, 7) is -0.0818. The zero-order chi connectivity index (χ0) is 12.1. The van der Waals surface area contributed by atoms with Crippen LogP contribution in [0.4, 0.5) is 5.69 Å². The number of nitrogens with zero attached hydrogens (tertiary/aromatic N) is 1. The highest BCUT2D eigenvalue weighted by atomic mass is 16.3. The summed E-state index contributed by atoms with van der Waals surface area (Å²) < 4.78 is 0. The van der Waals surface area contributed by atoms with Crippen LogP contribution in [0.3, 0.4) is 0 Å². The third-order valence-electron chi connectivity index (χ3n) is 3.30. The van der Waals surface area contributed by atoms with Gasteiger partial charge in [0.2, 0.25) is 5.91 Å². The van der Waals surface area contributed by atoms with Crippen LogP contribution in [0, 0.1) is 5.92 Å². The normalized spacial score (nSPS) is 16.1. The molecule has 1 amide bonds. The van der Waals surface area contributed by atoms with Crippen LogP contribution in [-0.4, -0.2) is 16.0 Å². The topological polar surface area (TPSA) is 62.2 Å². The lowest BCUT2D eigenvalue weighted by atomic mass is 10.0. The third-order valence-corrected chi connectivity index (χ3v) is 3.30. The van der Waals surface area contributed by atoms with E-state index in [4.69, 9.17) is 5.11 Å². The van der Waals surface area contributed by atoms with Crippen molar-refractivity contribution in [3.8, 4) is 0 Å². The number of pyridine rings is 1. The molecule has 4 nitrogen and oxygen atoms in total. The number of aliphatic hydroxyl groups is 1. The Bertz CT molecular complexity index is 387. The summed E-state index contributed by atoms with van der Waals surface area (Å²) >= 11 is 0. The lowest BCUT2D eigenvalue weighted by molar-refractivity contribution is -0.117. The zero-order valence-corrected chi connectivity index (χ0v) is 9.85. The highest BCUT2D eigenvalue weighted by Gasteiger charge is 2.18. The molecule has 1 aromatic rings. The highest BCUT2D eigenvalue weighted by molar-refractivity contribution is 5.91. The first-order chi connectivity index (χ1) is 8.29. The van der Waals surface area contributed by atoms with E-state index in [0.29, 0.717) is 23.6 Å². The van der Waals surface area contributed by atoms with Crippen LogP contribution in [0.15, 0.2) is 18.5 Å². The van der Waals surface area contributed by atoms with Gasteiger partial charge in [-0.05, 0) is 24.8 Å². The molecule has 4 heteroatoms. The Morgan fingerprint density at radius 2 is 2.24 bits per heavy atom. The van der Waals surface area contributed by atoms with E-state index < -0.39 is 0 Å². The summed E-state index contributed by atoms with van der Waals surface area (Å²) in [6.07, 6.45) is 8.58. The molecular formula is C13H18N2O2.